The summed E-state index contributed by atoms with van der Waals surface area (Å²) in [6, 6.07) is 4.72. The Morgan fingerprint density at radius 1 is 1.14 bits per heavy atom. The molecule has 0 spiro atoms. The minimum Gasteiger partial charge on any atom is -0.368 e. The van der Waals surface area contributed by atoms with Crippen LogP contribution < -0.4 is 10.6 Å². The molecule has 0 aromatic carbocycles. The van der Waals surface area contributed by atoms with Gasteiger partial charge >= 0.3 is 0 Å². The maximum Gasteiger partial charge on any atom is 0.220 e. The van der Waals surface area contributed by atoms with E-state index in [1.807, 2.05) is 18.5 Å². The van der Waals surface area contributed by atoms with E-state index < -0.39 is 0 Å². The number of nitrogens with two attached hydrogens (primary N) is 1. The highest BCUT2D eigenvalue weighted by molar-refractivity contribution is 6.02. The second-order valence-electron chi connectivity index (χ2n) is 8.68. The van der Waals surface area contributed by atoms with Crippen LogP contribution in [0.3, 0.4) is 0 Å². The average molecular weight is 377 g/mol. The van der Waals surface area contributed by atoms with Gasteiger partial charge in [0, 0.05) is 36.7 Å². The Balaban J connectivity index is 1.59. The Morgan fingerprint density at radius 2 is 2.00 bits per heavy atom. The summed E-state index contributed by atoms with van der Waals surface area (Å²) >= 11 is 0. The Labute approximate surface area is 165 Å². The SMILES string of the molecule is CC(C)C1CCC2CCN(c3ccnc4[nH]cc(-c5ccnc(N)n5)c34)C2C1. The molecule has 3 aromatic heterocycles. The van der Waals surface area contributed by atoms with Crippen molar-refractivity contribution >= 4 is 22.7 Å². The van der Waals surface area contributed by atoms with Crippen LogP contribution in [0.4, 0.5) is 11.6 Å². The molecule has 6 heteroatoms. The number of fused-ring (bicyclic) bond motifs is 2. The number of nitrogens with zero attached hydrogens (tertiary/aromatic N) is 4. The van der Waals surface area contributed by atoms with Gasteiger partial charge in [-0.25, -0.2) is 15.0 Å². The molecule has 5 rings (SSSR count). The molecule has 146 valence electrons. The summed E-state index contributed by atoms with van der Waals surface area (Å²) in [5.41, 5.74) is 9.91. The molecule has 3 N–H and O–H groups in total. The molecule has 2 aliphatic rings. The molecule has 1 aliphatic carbocycles. The number of nitrogens with one attached hydrogen (secondary N) is 1. The van der Waals surface area contributed by atoms with Gasteiger partial charge in [-0.2, -0.15) is 0 Å². The first-order valence-electron chi connectivity index (χ1n) is 10.4. The minimum absolute atomic E-state index is 0.297. The minimum atomic E-state index is 0.297. The van der Waals surface area contributed by atoms with Crippen molar-refractivity contribution in [1.82, 2.24) is 19.9 Å². The van der Waals surface area contributed by atoms with E-state index in [1.165, 1.54) is 31.4 Å². The van der Waals surface area contributed by atoms with Gasteiger partial charge in [0.15, 0.2) is 0 Å². The fraction of sp³-hybridized carbons (Fsp3) is 0.500. The lowest BCUT2D eigenvalue weighted by atomic mass is 9.74. The van der Waals surface area contributed by atoms with Crippen molar-refractivity contribution in [3.63, 3.8) is 0 Å². The first kappa shape index (κ1) is 17.5. The topological polar surface area (TPSA) is 83.7 Å². The summed E-state index contributed by atoms with van der Waals surface area (Å²) in [5.74, 6) is 2.69. The Kier molecular flexibility index (Phi) is 4.22. The van der Waals surface area contributed by atoms with E-state index in [2.05, 4.69) is 44.7 Å². The van der Waals surface area contributed by atoms with Crippen molar-refractivity contribution in [3.8, 4) is 11.3 Å². The fourth-order valence-corrected chi connectivity index (χ4v) is 5.34. The van der Waals surface area contributed by atoms with Crippen LogP contribution in [0.5, 0.6) is 0 Å². The number of rotatable bonds is 3. The fourth-order valence-electron chi connectivity index (χ4n) is 5.34. The van der Waals surface area contributed by atoms with Gasteiger partial charge in [-0.15, -0.1) is 0 Å². The van der Waals surface area contributed by atoms with Crippen LogP contribution in [-0.4, -0.2) is 32.5 Å². The maximum absolute atomic E-state index is 5.84. The third kappa shape index (κ3) is 2.82. The van der Waals surface area contributed by atoms with Crippen LogP contribution >= 0.6 is 0 Å². The predicted molar refractivity (Wildman–Crippen MR) is 113 cm³/mol. The van der Waals surface area contributed by atoms with E-state index in [0.717, 1.165) is 46.6 Å². The van der Waals surface area contributed by atoms with Gasteiger partial charge in [-0.05, 0) is 55.6 Å². The zero-order chi connectivity index (χ0) is 19.3. The summed E-state index contributed by atoms with van der Waals surface area (Å²) in [5, 5.41) is 1.15. The van der Waals surface area contributed by atoms with E-state index in [9.17, 15) is 0 Å². The van der Waals surface area contributed by atoms with Gasteiger partial charge in [-0.1, -0.05) is 13.8 Å². The van der Waals surface area contributed by atoms with Crippen molar-refractivity contribution in [2.75, 3.05) is 17.2 Å². The smallest absolute Gasteiger partial charge is 0.220 e. The number of hydrogen-bond acceptors (Lipinski definition) is 5. The number of anilines is 2. The molecule has 0 amide bonds. The molecule has 2 fully saturated rings. The van der Waals surface area contributed by atoms with E-state index in [-0.39, 0.29) is 0 Å². The van der Waals surface area contributed by atoms with Gasteiger partial charge in [0.2, 0.25) is 5.95 Å². The number of aromatic nitrogens is 4. The molecular weight excluding hydrogens is 348 g/mol. The lowest BCUT2D eigenvalue weighted by molar-refractivity contribution is 0.213. The summed E-state index contributed by atoms with van der Waals surface area (Å²) in [6.07, 6.45) is 11.0. The van der Waals surface area contributed by atoms with E-state index in [4.69, 9.17) is 5.73 Å². The number of aromatic amines is 1. The summed E-state index contributed by atoms with van der Waals surface area (Å²) in [7, 11) is 0. The highest BCUT2D eigenvalue weighted by Gasteiger charge is 2.40. The van der Waals surface area contributed by atoms with Crippen LogP contribution in [-0.2, 0) is 0 Å². The molecule has 0 radical (unpaired) electrons. The van der Waals surface area contributed by atoms with Crippen LogP contribution in [0.2, 0.25) is 0 Å². The Bertz CT molecular complexity index is 994. The molecule has 3 aromatic rings. The number of nitrogen functional groups attached to an aromatic ring is 1. The van der Waals surface area contributed by atoms with Crippen LogP contribution in [0.1, 0.15) is 39.5 Å². The third-order valence-corrected chi connectivity index (χ3v) is 6.89. The molecule has 1 aliphatic heterocycles. The summed E-state index contributed by atoms with van der Waals surface area (Å²) in [4.78, 5) is 19.0. The van der Waals surface area contributed by atoms with Crippen LogP contribution in [0.15, 0.2) is 30.7 Å². The van der Waals surface area contributed by atoms with Crippen molar-refractivity contribution in [2.45, 2.75) is 45.6 Å². The van der Waals surface area contributed by atoms with Gasteiger partial charge in [-0.3, -0.25) is 0 Å². The van der Waals surface area contributed by atoms with Gasteiger partial charge in [0.05, 0.1) is 16.8 Å². The highest BCUT2D eigenvalue weighted by Crippen LogP contribution is 2.45. The zero-order valence-electron chi connectivity index (χ0n) is 16.6. The van der Waals surface area contributed by atoms with Crippen molar-refractivity contribution < 1.29 is 0 Å². The number of pyridine rings is 1. The quantitative estimate of drug-likeness (QED) is 0.714. The Hall–Kier alpha value is -2.63. The van der Waals surface area contributed by atoms with Gasteiger partial charge in [0.1, 0.15) is 5.65 Å². The number of hydrogen-bond donors (Lipinski definition) is 2. The number of H-pyrrole nitrogens is 1. The predicted octanol–water partition coefficient (Wildman–Crippen LogP) is 4.25. The first-order valence-corrected chi connectivity index (χ1v) is 10.4. The molecule has 1 saturated carbocycles. The van der Waals surface area contributed by atoms with E-state index in [1.54, 1.807) is 6.20 Å². The average Bonchev–Trinajstić information content (AvgIpc) is 3.31. The van der Waals surface area contributed by atoms with Crippen molar-refractivity contribution in [3.05, 3.63) is 30.7 Å². The van der Waals surface area contributed by atoms with Crippen LogP contribution in [0, 0.1) is 17.8 Å². The zero-order valence-corrected chi connectivity index (χ0v) is 16.6. The van der Waals surface area contributed by atoms with Crippen molar-refractivity contribution in [2.24, 2.45) is 17.8 Å². The lowest BCUT2D eigenvalue weighted by Gasteiger charge is -2.39. The second-order valence-corrected chi connectivity index (χ2v) is 8.68. The normalized spacial score (nSPS) is 24.8. The third-order valence-electron chi connectivity index (χ3n) is 6.89. The monoisotopic (exact) mass is 376 g/mol. The molecule has 3 unspecified atom stereocenters. The standard InChI is InChI=1S/C22H28N6/c1-13(2)15-4-3-14-7-10-28(19(14)11-15)18-6-9-24-21-20(18)16(12-26-21)17-5-8-25-22(23)27-17/h5-6,8-9,12-15,19H,3-4,7,10-11H2,1-2H3,(H,24,26)(H2,23,25,27). The first-order chi connectivity index (χ1) is 13.6. The van der Waals surface area contributed by atoms with E-state index >= 15 is 0 Å². The van der Waals surface area contributed by atoms with Crippen molar-refractivity contribution in [1.29, 1.82) is 0 Å². The summed E-state index contributed by atoms with van der Waals surface area (Å²) < 4.78 is 0. The van der Waals surface area contributed by atoms with Gasteiger partial charge in [0.25, 0.3) is 0 Å². The largest absolute Gasteiger partial charge is 0.368 e. The highest BCUT2D eigenvalue weighted by atomic mass is 15.2. The molecule has 6 nitrogen and oxygen atoms in total. The molecular formula is C22H28N6. The second kappa shape index (κ2) is 6.76. The Morgan fingerprint density at radius 3 is 2.82 bits per heavy atom. The molecule has 28 heavy (non-hydrogen) atoms. The summed E-state index contributed by atoms with van der Waals surface area (Å²) in [6.45, 7) is 5.87. The molecule has 1 saturated heterocycles. The maximum atomic E-state index is 5.84. The molecule has 4 heterocycles. The van der Waals surface area contributed by atoms with E-state index in [0.29, 0.717) is 12.0 Å². The molecule has 3 atom stereocenters. The lowest BCUT2D eigenvalue weighted by Crippen LogP contribution is -2.38. The van der Waals surface area contributed by atoms with Gasteiger partial charge < -0.3 is 15.6 Å². The van der Waals surface area contributed by atoms with Crippen LogP contribution in [0.25, 0.3) is 22.3 Å². The molecule has 0 bridgehead atoms.